The van der Waals surface area contributed by atoms with Gasteiger partial charge in [0.15, 0.2) is 11.5 Å². The summed E-state index contributed by atoms with van der Waals surface area (Å²) in [7, 11) is 0. The summed E-state index contributed by atoms with van der Waals surface area (Å²) in [4.78, 5) is 13.3. The molecular formula is C18H18N2O3S. The molecule has 2 heterocycles. The number of amides is 1. The van der Waals surface area contributed by atoms with Crippen molar-refractivity contribution >= 4 is 22.9 Å². The number of phenols is 1. The van der Waals surface area contributed by atoms with Crippen LogP contribution in [-0.4, -0.2) is 16.2 Å². The van der Waals surface area contributed by atoms with Gasteiger partial charge in [0.25, 0.3) is 5.91 Å². The van der Waals surface area contributed by atoms with Crippen LogP contribution in [-0.2, 0) is 5.41 Å². The van der Waals surface area contributed by atoms with E-state index in [-0.39, 0.29) is 16.9 Å². The molecule has 3 rings (SSSR count). The van der Waals surface area contributed by atoms with Gasteiger partial charge in [-0.3, -0.25) is 4.79 Å². The second-order valence-electron chi connectivity index (χ2n) is 6.49. The summed E-state index contributed by atoms with van der Waals surface area (Å²) in [5, 5.41) is 18.4. The minimum Gasteiger partial charge on any atom is -0.506 e. The molecule has 0 radical (unpaired) electrons. The number of aromatic hydroxyl groups is 1. The van der Waals surface area contributed by atoms with Crippen LogP contribution in [0.4, 0.5) is 5.69 Å². The Morgan fingerprint density at radius 3 is 2.71 bits per heavy atom. The molecule has 2 aromatic heterocycles. The zero-order chi connectivity index (χ0) is 17.3. The third-order valence-electron chi connectivity index (χ3n) is 3.62. The van der Waals surface area contributed by atoms with E-state index in [1.54, 1.807) is 18.2 Å². The standard InChI is InChI=1S/C18H18N2O3S/c1-18(2,3)11-6-7-14(21)12(9-11)19-17(22)13-10-15(23-20-13)16-5-4-8-24-16/h4-10,21H,1-3H3,(H,19,22). The lowest BCUT2D eigenvalue weighted by atomic mass is 9.87. The van der Waals surface area contributed by atoms with E-state index in [0.717, 1.165) is 10.4 Å². The molecule has 5 nitrogen and oxygen atoms in total. The van der Waals surface area contributed by atoms with Gasteiger partial charge >= 0.3 is 0 Å². The first-order valence-corrected chi connectivity index (χ1v) is 8.38. The average Bonchev–Trinajstić information content (AvgIpc) is 3.19. The van der Waals surface area contributed by atoms with Crippen LogP contribution in [0.1, 0.15) is 36.8 Å². The zero-order valence-corrected chi connectivity index (χ0v) is 14.5. The number of phenolic OH excluding ortho intramolecular Hbond substituents is 1. The normalized spacial score (nSPS) is 11.5. The third-order valence-corrected chi connectivity index (χ3v) is 4.50. The lowest BCUT2D eigenvalue weighted by Crippen LogP contribution is -2.15. The average molecular weight is 342 g/mol. The Labute approximate surface area is 143 Å². The number of aromatic nitrogens is 1. The van der Waals surface area contributed by atoms with E-state index in [9.17, 15) is 9.90 Å². The van der Waals surface area contributed by atoms with Crippen molar-refractivity contribution in [1.29, 1.82) is 0 Å². The van der Waals surface area contributed by atoms with Gasteiger partial charge in [0.2, 0.25) is 0 Å². The maximum absolute atomic E-state index is 12.4. The summed E-state index contributed by atoms with van der Waals surface area (Å²) in [6.45, 7) is 6.20. The summed E-state index contributed by atoms with van der Waals surface area (Å²) in [5.74, 6) is 0.129. The van der Waals surface area contributed by atoms with Gasteiger partial charge in [-0.2, -0.15) is 0 Å². The molecule has 0 bridgehead atoms. The number of thiophene rings is 1. The fourth-order valence-electron chi connectivity index (χ4n) is 2.21. The fraction of sp³-hybridized carbons (Fsp3) is 0.222. The highest BCUT2D eigenvalue weighted by molar-refractivity contribution is 7.13. The molecule has 0 fully saturated rings. The lowest BCUT2D eigenvalue weighted by Gasteiger charge is -2.20. The maximum atomic E-state index is 12.4. The molecule has 2 N–H and O–H groups in total. The number of hydrogen-bond donors (Lipinski definition) is 2. The molecular weight excluding hydrogens is 324 g/mol. The van der Waals surface area contributed by atoms with Gasteiger partial charge in [0, 0.05) is 6.07 Å². The second-order valence-corrected chi connectivity index (χ2v) is 7.44. The largest absolute Gasteiger partial charge is 0.506 e. The molecule has 0 atom stereocenters. The highest BCUT2D eigenvalue weighted by Gasteiger charge is 2.19. The van der Waals surface area contributed by atoms with Gasteiger partial charge < -0.3 is 14.9 Å². The summed E-state index contributed by atoms with van der Waals surface area (Å²) in [5.41, 5.74) is 1.44. The monoisotopic (exact) mass is 342 g/mol. The van der Waals surface area contributed by atoms with Gasteiger partial charge in [0.1, 0.15) is 5.75 Å². The molecule has 0 aliphatic carbocycles. The molecule has 24 heavy (non-hydrogen) atoms. The van der Waals surface area contributed by atoms with Gasteiger partial charge in [0.05, 0.1) is 10.6 Å². The topological polar surface area (TPSA) is 75.4 Å². The summed E-state index contributed by atoms with van der Waals surface area (Å²) in [6.07, 6.45) is 0. The number of benzene rings is 1. The van der Waals surface area contributed by atoms with Crippen molar-refractivity contribution in [3.63, 3.8) is 0 Å². The van der Waals surface area contributed by atoms with E-state index in [4.69, 9.17) is 4.52 Å². The van der Waals surface area contributed by atoms with E-state index in [1.165, 1.54) is 11.3 Å². The Morgan fingerprint density at radius 2 is 2.04 bits per heavy atom. The minimum absolute atomic E-state index is 0.0123. The van der Waals surface area contributed by atoms with Crippen LogP contribution >= 0.6 is 11.3 Å². The van der Waals surface area contributed by atoms with E-state index in [1.807, 2.05) is 23.6 Å². The minimum atomic E-state index is -0.428. The highest BCUT2D eigenvalue weighted by atomic mass is 32.1. The maximum Gasteiger partial charge on any atom is 0.277 e. The molecule has 3 aromatic rings. The van der Waals surface area contributed by atoms with Gasteiger partial charge in [-0.1, -0.05) is 38.1 Å². The Bertz CT molecular complexity index is 861. The van der Waals surface area contributed by atoms with Crippen LogP contribution in [0.3, 0.4) is 0 Å². The number of carbonyl (C=O) groups is 1. The van der Waals surface area contributed by atoms with Crippen molar-refractivity contribution in [1.82, 2.24) is 5.16 Å². The summed E-state index contributed by atoms with van der Waals surface area (Å²) < 4.78 is 5.21. The zero-order valence-electron chi connectivity index (χ0n) is 13.7. The number of anilines is 1. The number of nitrogens with zero attached hydrogens (tertiary/aromatic N) is 1. The number of rotatable bonds is 3. The molecule has 0 saturated carbocycles. The molecule has 0 saturated heterocycles. The quantitative estimate of drug-likeness (QED) is 0.679. The molecule has 124 valence electrons. The van der Waals surface area contributed by atoms with Crippen molar-refractivity contribution < 1.29 is 14.4 Å². The SMILES string of the molecule is CC(C)(C)c1ccc(O)c(NC(=O)c2cc(-c3cccs3)on2)c1. The first kappa shape index (κ1) is 16.3. The number of hydrogen-bond acceptors (Lipinski definition) is 5. The summed E-state index contributed by atoms with van der Waals surface area (Å²) >= 11 is 1.51. The molecule has 1 aromatic carbocycles. The van der Waals surface area contributed by atoms with Gasteiger partial charge in [-0.25, -0.2) is 0 Å². The van der Waals surface area contributed by atoms with Crippen molar-refractivity contribution in [2.75, 3.05) is 5.32 Å². The van der Waals surface area contributed by atoms with Crippen LogP contribution in [0.5, 0.6) is 5.75 Å². The first-order valence-electron chi connectivity index (χ1n) is 7.50. The Kier molecular flexibility index (Phi) is 4.15. The Balaban J connectivity index is 1.83. The molecule has 0 unspecified atom stereocenters. The van der Waals surface area contributed by atoms with Crippen molar-refractivity contribution in [2.24, 2.45) is 0 Å². The third kappa shape index (κ3) is 3.33. The number of nitrogens with one attached hydrogen (secondary N) is 1. The van der Waals surface area contributed by atoms with Gasteiger partial charge in [-0.15, -0.1) is 11.3 Å². The van der Waals surface area contributed by atoms with Crippen LogP contribution < -0.4 is 5.32 Å². The van der Waals surface area contributed by atoms with E-state index in [0.29, 0.717) is 11.4 Å². The molecule has 0 spiro atoms. The molecule has 0 aliphatic heterocycles. The van der Waals surface area contributed by atoms with Crippen LogP contribution in [0.2, 0.25) is 0 Å². The second kappa shape index (κ2) is 6.13. The molecule has 1 amide bonds. The van der Waals surface area contributed by atoms with E-state index >= 15 is 0 Å². The fourth-order valence-corrected chi connectivity index (χ4v) is 2.88. The summed E-state index contributed by atoms with van der Waals surface area (Å²) in [6, 6.07) is 10.6. The first-order chi connectivity index (χ1) is 11.3. The van der Waals surface area contributed by atoms with Crippen LogP contribution in [0, 0.1) is 0 Å². The van der Waals surface area contributed by atoms with Crippen LogP contribution in [0.15, 0.2) is 46.3 Å². The smallest absolute Gasteiger partial charge is 0.277 e. The number of carbonyl (C=O) groups excluding carboxylic acids is 1. The van der Waals surface area contributed by atoms with Crippen molar-refractivity contribution in [2.45, 2.75) is 26.2 Å². The van der Waals surface area contributed by atoms with Crippen molar-refractivity contribution in [3.8, 4) is 16.4 Å². The lowest BCUT2D eigenvalue weighted by molar-refractivity contribution is 0.101. The van der Waals surface area contributed by atoms with Gasteiger partial charge in [-0.05, 0) is 34.6 Å². The predicted molar refractivity (Wildman–Crippen MR) is 94.6 cm³/mol. The molecule has 0 aliphatic rings. The van der Waals surface area contributed by atoms with Crippen molar-refractivity contribution in [3.05, 3.63) is 53.0 Å². The Morgan fingerprint density at radius 1 is 1.25 bits per heavy atom. The van der Waals surface area contributed by atoms with E-state index in [2.05, 4.69) is 31.2 Å². The predicted octanol–water partition coefficient (Wildman–Crippen LogP) is 4.66. The van der Waals surface area contributed by atoms with Crippen LogP contribution in [0.25, 0.3) is 10.6 Å². The van der Waals surface area contributed by atoms with E-state index < -0.39 is 5.91 Å². The molecule has 6 heteroatoms. The highest BCUT2D eigenvalue weighted by Crippen LogP contribution is 2.31. The Hall–Kier alpha value is -2.60.